The van der Waals surface area contributed by atoms with Gasteiger partial charge in [0.05, 0.1) is 25.9 Å². The van der Waals surface area contributed by atoms with Crippen LogP contribution >= 0.6 is 0 Å². The number of hydrogen-bond acceptors (Lipinski definition) is 4. The third-order valence-corrected chi connectivity index (χ3v) is 2.78. The van der Waals surface area contributed by atoms with Crippen molar-refractivity contribution in [3.63, 3.8) is 0 Å². The maximum absolute atomic E-state index is 11.7. The third kappa shape index (κ3) is 3.33. The molecule has 2 N–H and O–H groups in total. The fraction of sp³-hybridized carbons (Fsp3) is 0.900. The molecule has 2 aliphatic rings. The Morgan fingerprint density at radius 1 is 1.38 bits per heavy atom. The van der Waals surface area contributed by atoms with Gasteiger partial charge in [0, 0.05) is 32.7 Å². The largest absolute Gasteiger partial charge is 0.378 e. The molecule has 0 aromatic rings. The summed E-state index contributed by atoms with van der Waals surface area (Å²) < 4.78 is 10.7. The number of nitrogens with zero attached hydrogens (tertiary/aromatic N) is 1. The highest BCUT2D eigenvalue weighted by Gasteiger charge is 2.19. The van der Waals surface area contributed by atoms with Gasteiger partial charge in [0.25, 0.3) is 0 Å². The Morgan fingerprint density at radius 3 is 2.88 bits per heavy atom. The van der Waals surface area contributed by atoms with Crippen LogP contribution in [-0.2, 0) is 9.47 Å². The number of morpholine rings is 2. The summed E-state index contributed by atoms with van der Waals surface area (Å²) in [5.41, 5.74) is 0. The van der Waals surface area contributed by atoms with Crippen molar-refractivity contribution < 1.29 is 14.3 Å². The number of rotatable bonds is 2. The minimum Gasteiger partial charge on any atom is -0.378 e. The molecule has 1 unspecified atom stereocenters. The van der Waals surface area contributed by atoms with E-state index in [1.807, 2.05) is 0 Å². The monoisotopic (exact) mass is 229 g/mol. The normalized spacial score (nSPS) is 26.5. The van der Waals surface area contributed by atoms with Gasteiger partial charge < -0.3 is 25.0 Å². The minimum atomic E-state index is -0.0162. The second-order valence-corrected chi connectivity index (χ2v) is 3.98. The van der Waals surface area contributed by atoms with Crippen LogP contribution in [0.2, 0.25) is 0 Å². The van der Waals surface area contributed by atoms with Crippen LogP contribution in [0, 0.1) is 0 Å². The van der Waals surface area contributed by atoms with Crippen LogP contribution in [0.5, 0.6) is 0 Å². The van der Waals surface area contributed by atoms with Gasteiger partial charge in [0.2, 0.25) is 0 Å². The first kappa shape index (κ1) is 11.6. The first-order valence-electron chi connectivity index (χ1n) is 5.79. The minimum absolute atomic E-state index is 0.0162. The fourth-order valence-corrected chi connectivity index (χ4v) is 1.83. The zero-order chi connectivity index (χ0) is 11.2. The summed E-state index contributed by atoms with van der Waals surface area (Å²) in [6.45, 7) is 5.62. The van der Waals surface area contributed by atoms with Gasteiger partial charge in [-0.3, -0.25) is 0 Å². The van der Waals surface area contributed by atoms with E-state index in [1.54, 1.807) is 4.90 Å². The maximum atomic E-state index is 11.7. The van der Waals surface area contributed by atoms with Crippen molar-refractivity contribution in [3.05, 3.63) is 0 Å². The summed E-state index contributed by atoms with van der Waals surface area (Å²) in [6.07, 6.45) is 0.0961. The lowest BCUT2D eigenvalue weighted by molar-refractivity contribution is 0.0268. The van der Waals surface area contributed by atoms with Crippen LogP contribution in [-0.4, -0.2) is 69.6 Å². The van der Waals surface area contributed by atoms with Gasteiger partial charge in [-0.15, -0.1) is 0 Å². The van der Waals surface area contributed by atoms with Gasteiger partial charge in [0.1, 0.15) is 0 Å². The summed E-state index contributed by atoms with van der Waals surface area (Å²) in [7, 11) is 0. The molecule has 2 aliphatic heterocycles. The van der Waals surface area contributed by atoms with Crippen LogP contribution in [0.1, 0.15) is 0 Å². The Bertz CT molecular complexity index is 225. The van der Waals surface area contributed by atoms with Crippen LogP contribution in [0.3, 0.4) is 0 Å². The van der Waals surface area contributed by atoms with Gasteiger partial charge in [-0.05, 0) is 0 Å². The van der Waals surface area contributed by atoms with Crippen LogP contribution < -0.4 is 10.6 Å². The Kier molecular flexibility index (Phi) is 4.38. The Morgan fingerprint density at radius 2 is 2.19 bits per heavy atom. The van der Waals surface area contributed by atoms with E-state index in [0.29, 0.717) is 32.8 Å². The van der Waals surface area contributed by atoms with Crippen molar-refractivity contribution in [3.8, 4) is 0 Å². The van der Waals surface area contributed by atoms with Crippen LogP contribution in [0.4, 0.5) is 4.79 Å². The van der Waals surface area contributed by atoms with E-state index in [2.05, 4.69) is 10.6 Å². The van der Waals surface area contributed by atoms with E-state index in [9.17, 15) is 4.79 Å². The number of carbonyl (C=O) groups excluding carboxylic acids is 1. The molecular formula is C10H19N3O3. The number of urea groups is 1. The van der Waals surface area contributed by atoms with Crippen LogP contribution in [0.15, 0.2) is 0 Å². The molecule has 6 nitrogen and oxygen atoms in total. The van der Waals surface area contributed by atoms with Crippen molar-refractivity contribution in [1.29, 1.82) is 0 Å². The number of nitrogens with one attached hydrogen (secondary N) is 2. The van der Waals surface area contributed by atoms with Gasteiger partial charge in [-0.1, -0.05) is 0 Å². The van der Waals surface area contributed by atoms with E-state index in [-0.39, 0.29) is 12.1 Å². The van der Waals surface area contributed by atoms with Crippen molar-refractivity contribution in [1.82, 2.24) is 15.5 Å². The summed E-state index contributed by atoms with van der Waals surface area (Å²) in [4.78, 5) is 13.5. The Hall–Kier alpha value is -0.850. The summed E-state index contributed by atoms with van der Waals surface area (Å²) >= 11 is 0. The molecule has 6 heteroatoms. The SMILES string of the molecule is O=C(NCC1CNCCO1)N1CCOCC1. The highest BCUT2D eigenvalue weighted by Crippen LogP contribution is 1.98. The lowest BCUT2D eigenvalue weighted by Gasteiger charge is -2.29. The molecule has 2 rings (SSSR count). The van der Waals surface area contributed by atoms with Gasteiger partial charge >= 0.3 is 6.03 Å². The molecule has 2 fully saturated rings. The molecule has 0 aliphatic carbocycles. The third-order valence-electron chi connectivity index (χ3n) is 2.78. The van der Waals surface area contributed by atoms with Crippen molar-refractivity contribution in [2.45, 2.75) is 6.10 Å². The van der Waals surface area contributed by atoms with E-state index in [4.69, 9.17) is 9.47 Å². The average molecular weight is 229 g/mol. The topological polar surface area (TPSA) is 62.8 Å². The van der Waals surface area contributed by atoms with E-state index >= 15 is 0 Å². The van der Waals surface area contributed by atoms with Gasteiger partial charge in [-0.25, -0.2) is 4.79 Å². The molecule has 0 aromatic carbocycles. The molecule has 2 heterocycles. The molecule has 92 valence electrons. The maximum Gasteiger partial charge on any atom is 0.317 e. The predicted molar refractivity (Wildman–Crippen MR) is 58.4 cm³/mol. The van der Waals surface area contributed by atoms with E-state index < -0.39 is 0 Å². The molecule has 0 spiro atoms. The molecule has 0 aromatic heterocycles. The standard InChI is InChI=1S/C10H19N3O3/c14-10(13-2-5-15-6-3-13)12-8-9-7-11-1-4-16-9/h9,11H,1-8H2,(H,12,14). The lowest BCUT2D eigenvalue weighted by atomic mass is 10.3. The lowest BCUT2D eigenvalue weighted by Crippen LogP contribution is -2.50. The zero-order valence-corrected chi connectivity index (χ0v) is 9.41. The first-order valence-corrected chi connectivity index (χ1v) is 5.79. The number of hydrogen-bond donors (Lipinski definition) is 2. The zero-order valence-electron chi connectivity index (χ0n) is 9.41. The number of ether oxygens (including phenoxy) is 2. The van der Waals surface area contributed by atoms with E-state index in [0.717, 1.165) is 19.7 Å². The quantitative estimate of drug-likeness (QED) is 0.638. The molecule has 0 radical (unpaired) electrons. The molecule has 16 heavy (non-hydrogen) atoms. The Labute approximate surface area is 95.3 Å². The summed E-state index contributed by atoms with van der Waals surface area (Å²) in [5.74, 6) is 0. The molecule has 2 amide bonds. The average Bonchev–Trinajstić information content (AvgIpc) is 2.38. The predicted octanol–water partition coefficient (Wildman–Crippen LogP) is -0.983. The second kappa shape index (κ2) is 6.03. The van der Waals surface area contributed by atoms with E-state index in [1.165, 1.54) is 0 Å². The highest BCUT2D eigenvalue weighted by atomic mass is 16.5. The molecule has 0 saturated carbocycles. The molecule has 1 atom stereocenters. The molecular weight excluding hydrogens is 210 g/mol. The smallest absolute Gasteiger partial charge is 0.317 e. The van der Waals surface area contributed by atoms with Crippen molar-refractivity contribution in [2.75, 3.05) is 52.5 Å². The second-order valence-electron chi connectivity index (χ2n) is 3.98. The van der Waals surface area contributed by atoms with Crippen molar-refractivity contribution in [2.24, 2.45) is 0 Å². The highest BCUT2D eigenvalue weighted by molar-refractivity contribution is 5.74. The summed E-state index contributed by atoms with van der Waals surface area (Å²) in [6, 6.07) is -0.0162. The molecule has 0 bridgehead atoms. The van der Waals surface area contributed by atoms with Crippen molar-refractivity contribution >= 4 is 6.03 Å². The summed E-state index contributed by atoms with van der Waals surface area (Å²) in [5, 5.41) is 6.12. The molecule has 2 saturated heterocycles. The van der Waals surface area contributed by atoms with Crippen LogP contribution in [0.25, 0.3) is 0 Å². The fourth-order valence-electron chi connectivity index (χ4n) is 1.83. The number of amides is 2. The van der Waals surface area contributed by atoms with Gasteiger partial charge in [-0.2, -0.15) is 0 Å². The van der Waals surface area contributed by atoms with Gasteiger partial charge in [0.15, 0.2) is 0 Å². The first-order chi connectivity index (χ1) is 7.86. The number of carbonyl (C=O) groups is 1. The Balaban J connectivity index is 1.65.